The smallest absolute Gasteiger partial charge is 0.328 e. The van der Waals surface area contributed by atoms with Crippen LogP contribution < -0.4 is 5.32 Å². The zero-order chi connectivity index (χ0) is 28.4. The number of aromatic nitrogens is 3. The summed E-state index contributed by atoms with van der Waals surface area (Å²) in [5, 5.41) is 8.68. The van der Waals surface area contributed by atoms with Crippen molar-refractivity contribution in [2.24, 2.45) is 7.05 Å². The van der Waals surface area contributed by atoms with Crippen molar-refractivity contribution in [3.8, 4) is 0 Å². The zero-order valence-corrected chi connectivity index (χ0v) is 24.4. The Hall–Kier alpha value is -3.04. The van der Waals surface area contributed by atoms with E-state index in [0.717, 1.165) is 61.2 Å². The van der Waals surface area contributed by atoms with Gasteiger partial charge in [0, 0.05) is 44.4 Å². The lowest BCUT2D eigenvalue weighted by Gasteiger charge is -2.43. The summed E-state index contributed by atoms with van der Waals surface area (Å²) in [5.74, 6) is 0.283. The normalized spacial score (nSPS) is 16.9. The number of nitrogens with one attached hydrogen (secondary N) is 1. The number of carbonyl (C=O) groups excluding carboxylic acids is 1. The number of unbranched alkanes of at least 4 members (excludes halogenated alkanes) is 2. The van der Waals surface area contributed by atoms with Crippen molar-refractivity contribution in [2.45, 2.75) is 84.0 Å². The highest BCUT2D eigenvalue weighted by Gasteiger charge is 2.41. The number of rotatable bonds is 10. The molecule has 5 rings (SSSR count). The van der Waals surface area contributed by atoms with Gasteiger partial charge in [0.1, 0.15) is 23.3 Å². The van der Waals surface area contributed by atoms with Gasteiger partial charge in [-0.3, -0.25) is 9.58 Å². The van der Waals surface area contributed by atoms with Gasteiger partial charge in [0.25, 0.3) is 0 Å². The minimum atomic E-state index is -0.723. The summed E-state index contributed by atoms with van der Waals surface area (Å²) < 4.78 is 28.3. The maximum Gasteiger partial charge on any atom is 0.328 e. The van der Waals surface area contributed by atoms with Gasteiger partial charge in [-0.2, -0.15) is 5.10 Å². The van der Waals surface area contributed by atoms with Crippen molar-refractivity contribution in [1.82, 2.24) is 19.7 Å². The predicted octanol–water partition coefficient (Wildman–Crippen LogP) is 5.27. The molecule has 0 saturated carbocycles. The van der Waals surface area contributed by atoms with Gasteiger partial charge < -0.3 is 14.8 Å². The molecule has 1 saturated heterocycles. The van der Waals surface area contributed by atoms with Gasteiger partial charge in [-0.1, -0.05) is 12.5 Å². The van der Waals surface area contributed by atoms with Crippen LogP contribution in [0.3, 0.4) is 0 Å². The molecule has 9 heteroatoms. The number of pyridine rings is 1. The van der Waals surface area contributed by atoms with Gasteiger partial charge in [0.2, 0.25) is 0 Å². The van der Waals surface area contributed by atoms with E-state index in [9.17, 15) is 9.18 Å². The number of aryl methyl sites for hydroxylation is 4. The summed E-state index contributed by atoms with van der Waals surface area (Å²) >= 11 is 0. The second kappa shape index (κ2) is 11.8. The highest BCUT2D eigenvalue weighted by molar-refractivity contribution is 5.91. The maximum absolute atomic E-state index is 14.7. The Bertz CT molecular complexity index is 1360. The second-order valence-electron chi connectivity index (χ2n) is 12.1. The Labute approximate surface area is 236 Å². The first-order valence-electron chi connectivity index (χ1n) is 14.5. The SMILES string of the molecule is Cc1nn(C)c2cc(F)cc(C(C(=O)OC(C)(C)C)N3CC(OCCCCCc4ccc5c(n4)NCCC5)C3)c12. The standard InChI is InChI=1S/C31H42FN5O3/c1-20-27-25(16-22(32)17-26(27)36(5)35-20)28(30(38)40-31(2,3)4)37-18-24(19-37)39-15-8-6-7-11-23-13-12-21-10-9-14-33-29(21)34-23/h12-13,16-17,24,28H,6-11,14-15,18-19H2,1-5H3,(H,33,34). The molecular formula is C31H42FN5O3. The first kappa shape index (κ1) is 28.5. The maximum atomic E-state index is 14.7. The predicted molar refractivity (Wildman–Crippen MR) is 154 cm³/mol. The van der Waals surface area contributed by atoms with Gasteiger partial charge >= 0.3 is 5.97 Å². The number of benzene rings is 1. The number of likely N-dealkylation sites (tertiary alicyclic amines) is 1. The molecule has 1 aromatic carbocycles. The summed E-state index contributed by atoms with van der Waals surface area (Å²) in [7, 11) is 1.79. The average molecular weight is 552 g/mol. The molecule has 3 aromatic rings. The summed E-state index contributed by atoms with van der Waals surface area (Å²) in [6, 6.07) is 6.56. The molecule has 216 valence electrons. The number of esters is 1. The fourth-order valence-electron chi connectivity index (χ4n) is 5.77. The third kappa shape index (κ3) is 6.47. The van der Waals surface area contributed by atoms with Crippen molar-refractivity contribution in [1.29, 1.82) is 0 Å². The largest absolute Gasteiger partial charge is 0.459 e. The molecular weight excluding hydrogens is 509 g/mol. The van der Waals surface area contributed by atoms with Crippen LogP contribution in [-0.2, 0) is 34.2 Å². The molecule has 1 N–H and O–H groups in total. The Balaban J connectivity index is 1.15. The lowest BCUT2D eigenvalue weighted by Crippen LogP contribution is -2.55. The van der Waals surface area contributed by atoms with Crippen LogP contribution >= 0.6 is 0 Å². The molecule has 0 bridgehead atoms. The number of anilines is 1. The molecule has 2 aliphatic heterocycles. The van der Waals surface area contributed by atoms with Gasteiger partial charge in [-0.25, -0.2) is 14.2 Å². The third-order valence-corrected chi connectivity index (χ3v) is 7.67. The molecule has 0 spiro atoms. The highest BCUT2D eigenvalue weighted by Crippen LogP contribution is 2.36. The molecule has 8 nitrogen and oxygen atoms in total. The van der Waals surface area contributed by atoms with Gasteiger partial charge in [-0.05, 0) is 89.1 Å². The van der Waals surface area contributed by atoms with E-state index in [0.29, 0.717) is 30.8 Å². The Kier molecular flexibility index (Phi) is 8.42. The average Bonchev–Trinajstić information content (AvgIpc) is 3.15. The number of hydrogen-bond donors (Lipinski definition) is 1. The van der Waals surface area contributed by atoms with Crippen molar-refractivity contribution in [3.63, 3.8) is 0 Å². The summed E-state index contributed by atoms with van der Waals surface area (Å²) in [5.41, 5.74) is 3.83. The Morgan fingerprint density at radius 3 is 2.77 bits per heavy atom. The lowest BCUT2D eigenvalue weighted by molar-refractivity contribution is -0.168. The number of halogens is 1. The molecule has 2 aromatic heterocycles. The first-order valence-corrected chi connectivity index (χ1v) is 14.5. The van der Waals surface area contributed by atoms with Crippen LogP contribution in [0.1, 0.15) is 75.0 Å². The third-order valence-electron chi connectivity index (χ3n) is 7.67. The minimum Gasteiger partial charge on any atom is -0.459 e. The van der Waals surface area contributed by atoms with E-state index >= 15 is 0 Å². The molecule has 1 fully saturated rings. The quantitative estimate of drug-likeness (QED) is 0.272. The van der Waals surface area contributed by atoms with E-state index in [4.69, 9.17) is 14.5 Å². The fourth-order valence-corrected chi connectivity index (χ4v) is 5.77. The van der Waals surface area contributed by atoms with E-state index in [1.165, 1.54) is 24.1 Å². The number of fused-ring (bicyclic) bond motifs is 2. The molecule has 1 atom stereocenters. The van der Waals surface area contributed by atoms with Crippen molar-refractivity contribution < 1.29 is 18.7 Å². The number of carbonyl (C=O) groups is 1. The lowest BCUT2D eigenvalue weighted by atomic mass is 9.95. The topological polar surface area (TPSA) is 81.5 Å². The second-order valence-corrected chi connectivity index (χ2v) is 12.1. The fraction of sp³-hybridized carbons (Fsp3) is 0.581. The molecule has 40 heavy (non-hydrogen) atoms. The summed E-state index contributed by atoms with van der Waals surface area (Å²) in [6.45, 7) is 10.3. The molecule has 0 aliphatic carbocycles. The zero-order valence-electron chi connectivity index (χ0n) is 24.4. The van der Waals surface area contributed by atoms with Crippen LogP contribution in [0.25, 0.3) is 10.9 Å². The van der Waals surface area contributed by atoms with E-state index in [1.807, 2.05) is 32.6 Å². The molecule has 0 amide bonds. The van der Waals surface area contributed by atoms with Crippen LogP contribution in [0.5, 0.6) is 0 Å². The highest BCUT2D eigenvalue weighted by atomic mass is 19.1. The molecule has 0 radical (unpaired) electrons. The first-order chi connectivity index (χ1) is 19.1. The molecule has 2 aliphatic rings. The van der Waals surface area contributed by atoms with Crippen molar-refractivity contribution in [3.05, 3.63) is 52.6 Å². The Morgan fingerprint density at radius 2 is 2.00 bits per heavy atom. The Morgan fingerprint density at radius 1 is 1.20 bits per heavy atom. The van der Waals surface area contributed by atoms with Crippen LogP contribution in [0.4, 0.5) is 10.2 Å². The molecule has 1 unspecified atom stereocenters. The van der Waals surface area contributed by atoms with Crippen molar-refractivity contribution >= 4 is 22.7 Å². The summed E-state index contributed by atoms with van der Waals surface area (Å²) in [6.07, 6.45) is 6.43. The van der Waals surface area contributed by atoms with E-state index in [1.54, 1.807) is 11.7 Å². The van der Waals surface area contributed by atoms with E-state index in [-0.39, 0.29) is 12.1 Å². The van der Waals surface area contributed by atoms with Gasteiger partial charge in [0.05, 0.1) is 17.3 Å². The van der Waals surface area contributed by atoms with Crippen LogP contribution in [0.2, 0.25) is 0 Å². The van der Waals surface area contributed by atoms with Crippen LogP contribution in [0.15, 0.2) is 24.3 Å². The van der Waals surface area contributed by atoms with Gasteiger partial charge in [0.15, 0.2) is 0 Å². The summed E-state index contributed by atoms with van der Waals surface area (Å²) in [4.78, 5) is 20.2. The van der Waals surface area contributed by atoms with E-state index in [2.05, 4.69) is 22.5 Å². The van der Waals surface area contributed by atoms with Crippen LogP contribution in [0, 0.1) is 12.7 Å². The monoisotopic (exact) mass is 551 g/mol. The number of nitrogens with zero attached hydrogens (tertiary/aromatic N) is 4. The van der Waals surface area contributed by atoms with Crippen LogP contribution in [-0.4, -0.2) is 63.6 Å². The number of ether oxygens (including phenoxy) is 2. The number of hydrogen-bond acceptors (Lipinski definition) is 7. The molecule has 4 heterocycles. The van der Waals surface area contributed by atoms with Crippen molar-refractivity contribution in [2.75, 3.05) is 31.6 Å². The van der Waals surface area contributed by atoms with Gasteiger partial charge in [-0.15, -0.1) is 0 Å². The minimum absolute atomic E-state index is 0.0392. The van der Waals surface area contributed by atoms with E-state index < -0.39 is 17.5 Å².